The number of amides is 1. The van der Waals surface area contributed by atoms with Crippen molar-refractivity contribution in [2.45, 2.75) is 45.3 Å². The lowest BCUT2D eigenvalue weighted by Crippen LogP contribution is -2.49. The van der Waals surface area contributed by atoms with Gasteiger partial charge in [-0.15, -0.1) is 0 Å². The molecule has 0 unspecified atom stereocenters. The highest BCUT2D eigenvalue weighted by Crippen LogP contribution is 2.34. The number of methoxy groups -OCH3 is 1. The molecular formula is C21H28N8O3. The van der Waals surface area contributed by atoms with Crippen molar-refractivity contribution in [1.29, 1.82) is 0 Å². The molecule has 0 aliphatic carbocycles. The Balaban J connectivity index is 1.66. The van der Waals surface area contributed by atoms with Gasteiger partial charge in [0.25, 0.3) is 0 Å². The first kappa shape index (κ1) is 21.6. The number of carbonyl (C=O) groups excluding carboxylic acids is 1. The Morgan fingerprint density at radius 1 is 1.31 bits per heavy atom. The van der Waals surface area contributed by atoms with Gasteiger partial charge in [0.15, 0.2) is 5.82 Å². The summed E-state index contributed by atoms with van der Waals surface area (Å²) in [6.07, 6.45) is 4.40. The first-order valence-electron chi connectivity index (χ1n) is 10.5. The topological polar surface area (TPSA) is 133 Å². The number of rotatable bonds is 4. The highest BCUT2D eigenvalue weighted by molar-refractivity contribution is 5.88. The number of piperidine rings is 1. The standard InChI is InChI=1S/C21H28N8O3/c1-21(2,3)32-20(30)26-13-6-5-9-28(11-13)16-10-15(14-7-8-23-19(27-14)31-4)29-17(16)18(22)24-12-25-29/h7-8,10,12-13H,5-6,9,11H2,1-4H3,(H,26,30)(H2,22,24,25)/t13-/m1/s1. The molecule has 3 N–H and O–H groups in total. The minimum atomic E-state index is -0.545. The maximum absolute atomic E-state index is 12.3. The fourth-order valence-electron chi connectivity index (χ4n) is 3.84. The van der Waals surface area contributed by atoms with Crippen LogP contribution in [0, 0.1) is 0 Å². The van der Waals surface area contributed by atoms with Gasteiger partial charge in [-0.25, -0.2) is 19.3 Å². The van der Waals surface area contributed by atoms with E-state index >= 15 is 0 Å². The predicted octanol–water partition coefficient (Wildman–Crippen LogP) is 2.27. The molecule has 4 heterocycles. The van der Waals surface area contributed by atoms with Crippen molar-refractivity contribution in [3.05, 3.63) is 24.7 Å². The SMILES string of the molecule is COc1nccc(-c2cc(N3CCC[C@@H](NC(=O)OC(C)(C)C)C3)c3c(N)ncnn23)n1. The summed E-state index contributed by atoms with van der Waals surface area (Å²) in [5.74, 6) is 0.365. The average molecular weight is 441 g/mol. The summed E-state index contributed by atoms with van der Waals surface area (Å²) in [7, 11) is 1.52. The number of carbonyl (C=O) groups is 1. The van der Waals surface area contributed by atoms with Crippen LogP contribution in [0.1, 0.15) is 33.6 Å². The third kappa shape index (κ3) is 4.51. The normalized spacial score (nSPS) is 16.8. The number of nitrogens with one attached hydrogen (secondary N) is 1. The predicted molar refractivity (Wildman–Crippen MR) is 120 cm³/mol. The molecule has 11 nitrogen and oxygen atoms in total. The number of ether oxygens (including phenoxy) is 2. The third-order valence-corrected chi connectivity index (χ3v) is 5.12. The van der Waals surface area contributed by atoms with Crippen LogP contribution in [0.5, 0.6) is 6.01 Å². The Bertz CT molecular complexity index is 1120. The first-order chi connectivity index (χ1) is 15.2. The number of nitrogen functional groups attached to an aromatic ring is 1. The van der Waals surface area contributed by atoms with Crippen LogP contribution in [-0.4, -0.2) is 62.5 Å². The van der Waals surface area contributed by atoms with Crippen molar-refractivity contribution in [3.63, 3.8) is 0 Å². The average Bonchev–Trinajstić information content (AvgIpc) is 3.14. The molecule has 1 atom stereocenters. The van der Waals surface area contributed by atoms with Gasteiger partial charge in [-0.05, 0) is 45.7 Å². The van der Waals surface area contributed by atoms with Crippen molar-refractivity contribution in [1.82, 2.24) is 29.9 Å². The zero-order valence-corrected chi connectivity index (χ0v) is 18.7. The van der Waals surface area contributed by atoms with Crippen LogP contribution in [-0.2, 0) is 4.74 Å². The number of fused-ring (bicyclic) bond motifs is 1. The number of alkyl carbamates (subject to hydrolysis) is 1. The highest BCUT2D eigenvalue weighted by atomic mass is 16.6. The largest absolute Gasteiger partial charge is 0.467 e. The number of anilines is 2. The van der Waals surface area contributed by atoms with Crippen molar-refractivity contribution < 1.29 is 14.3 Å². The summed E-state index contributed by atoms with van der Waals surface area (Å²) in [5, 5.41) is 7.39. The zero-order valence-electron chi connectivity index (χ0n) is 18.7. The van der Waals surface area contributed by atoms with E-state index in [2.05, 4.69) is 30.3 Å². The van der Waals surface area contributed by atoms with Gasteiger partial charge in [0.2, 0.25) is 0 Å². The van der Waals surface area contributed by atoms with Gasteiger partial charge in [0, 0.05) is 25.3 Å². The minimum Gasteiger partial charge on any atom is -0.467 e. The fourth-order valence-corrected chi connectivity index (χ4v) is 3.84. The van der Waals surface area contributed by atoms with E-state index in [0.29, 0.717) is 23.6 Å². The molecule has 1 fully saturated rings. The molecule has 0 aromatic carbocycles. The number of nitrogens with two attached hydrogens (primary N) is 1. The Morgan fingerprint density at radius 3 is 2.88 bits per heavy atom. The van der Waals surface area contributed by atoms with Crippen LogP contribution >= 0.6 is 0 Å². The quantitative estimate of drug-likeness (QED) is 0.627. The number of aromatic nitrogens is 5. The Morgan fingerprint density at radius 2 is 2.12 bits per heavy atom. The van der Waals surface area contributed by atoms with Gasteiger partial charge in [-0.1, -0.05) is 0 Å². The number of hydrogen-bond donors (Lipinski definition) is 2. The molecule has 0 radical (unpaired) electrons. The van der Waals surface area contributed by atoms with Crippen molar-refractivity contribution in [2.24, 2.45) is 0 Å². The van der Waals surface area contributed by atoms with Crippen LogP contribution < -0.4 is 20.7 Å². The summed E-state index contributed by atoms with van der Waals surface area (Å²) in [4.78, 5) is 27.1. The van der Waals surface area contributed by atoms with Crippen LogP contribution in [0.4, 0.5) is 16.3 Å². The van der Waals surface area contributed by atoms with Gasteiger partial charge < -0.3 is 25.4 Å². The van der Waals surface area contributed by atoms with E-state index in [4.69, 9.17) is 15.2 Å². The Kier molecular flexibility index (Phi) is 5.72. The van der Waals surface area contributed by atoms with Gasteiger partial charge in [0.05, 0.1) is 24.2 Å². The lowest BCUT2D eigenvalue weighted by atomic mass is 10.1. The molecule has 1 amide bonds. The van der Waals surface area contributed by atoms with Gasteiger partial charge >= 0.3 is 12.1 Å². The molecule has 0 spiro atoms. The molecule has 11 heteroatoms. The van der Waals surface area contributed by atoms with Crippen molar-refractivity contribution >= 4 is 23.1 Å². The van der Waals surface area contributed by atoms with Crippen LogP contribution in [0.3, 0.4) is 0 Å². The molecule has 1 aliphatic rings. The van der Waals surface area contributed by atoms with E-state index < -0.39 is 11.7 Å². The summed E-state index contributed by atoms with van der Waals surface area (Å²) in [5.41, 5.74) is 8.67. The maximum atomic E-state index is 12.3. The molecule has 0 bridgehead atoms. The van der Waals surface area contributed by atoms with Gasteiger partial charge in [-0.3, -0.25) is 0 Å². The molecule has 32 heavy (non-hydrogen) atoms. The van der Waals surface area contributed by atoms with E-state index in [1.54, 1.807) is 16.8 Å². The van der Waals surface area contributed by atoms with Crippen LogP contribution in [0.15, 0.2) is 24.7 Å². The van der Waals surface area contributed by atoms with E-state index in [1.165, 1.54) is 13.4 Å². The maximum Gasteiger partial charge on any atom is 0.407 e. The summed E-state index contributed by atoms with van der Waals surface area (Å²) >= 11 is 0. The lowest BCUT2D eigenvalue weighted by Gasteiger charge is -2.34. The zero-order chi connectivity index (χ0) is 22.9. The van der Waals surface area contributed by atoms with Crippen molar-refractivity contribution in [3.8, 4) is 17.4 Å². The lowest BCUT2D eigenvalue weighted by molar-refractivity contribution is 0.0500. The molecule has 1 saturated heterocycles. The fraction of sp³-hybridized carbons (Fsp3) is 0.476. The molecular weight excluding hydrogens is 412 g/mol. The summed E-state index contributed by atoms with van der Waals surface area (Å²) in [6.45, 7) is 6.96. The Hall–Kier alpha value is -3.63. The first-order valence-corrected chi connectivity index (χ1v) is 10.5. The van der Waals surface area contributed by atoms with Gasteiger partial charge in [-0.2, -0.15) is 10.1 Å². The summed E-state index contributed by atoms with van der Waals surface area (Å²) < 4.78 is 12.3. The van der Waals surface area contributed by atoms with Crippen molar-refractivity contribution in [2.75, 3.05) is 30.8 Å². The second-order valence-corrected chi connectivity index (χ2v) is 8.68. The highest BCUT2D eigenvalue weighted by Gasteiger charge is 2.27. The Labute approximate surface area is 186 Å². The second-order valence-electron chi connectivity index (χ2n) is 8.68. The number of hydrogen-bond acceptors (Lipinski definition) is 9. The monoisotopic (exact) mass is 440 g/mol. The van der Waals surface area contributed by atoms with E-state index in [0.717, 1.165) is 30.8 Å². The second kappa shape index (κ2) is 8.48. The third-order valence-electron chi connectivity index (χ3n) is 5.12. The molecule has 3 aromatic heterocycles. The molecule has 3 aromatic rings. The van der Waals surface area contributed by atoms with Crippen LogP contribution in [0.25, 0.3) is 16.9 Å². The number of nitrogens with zero attached hydrogens (tertiary/aromatic N) is 6. The van der Waals surface area contributed by atoms with Crippen LogP contribution in [0.2, 0.25) is 0 Å². The molecule has 1 aliphatic heterocycles. The molecule has 170 valence electrons. The summed E-state index contributed by atoms with van der Waals surface area (Å²) in [6, 6.07) is 3.98. The van der Waals surface area contributed by atoms with E-state index in [9.17, 15) is 4.79 Å². The smallest absolute Gasteiger partial charge is 0.407 e. The molecule has 4 rings (SSSR count). The van der Waals surface area contributed by atoms with E-state index in [1.807, 2.05) is 26.8 Å². The van der Waals surface area contributed by atoms with Gasteiger partial charge in [0.1, 0.15) is 17.4 Å². The molecule has 0 saturated carbocycles. The minimum absolute atomic E-state index is 0.0537. The van der Waals surface area contributed by atoms with E-state index in [-0.39, 0.29) is 12.1 Å².